The topological polar surface area (TPSA) is 72.1 Å². The molecule has 0 unspecified atom stereocenters. The molecule has 2 heterocycles. The zero-order valence-corrected chi connectivity index (χ0v) is 20.7. The average Bonchev–Trinajstić information content (AvgIpc) is 3.36. The van der Waals surface area contributed by atoms with Crippen molar-refractivity contribution in [1.29, 1.82) is 5.26 Å². The van der Waals surface area contributed by atoms with Gasteiger partial charge in [-0.25, -0.2) is 13.2 Å². The maximum atomic E-state index is 14.7. The summed E-state index contributed by atoms with van der Waals surface area (Å²) < 4.78 is 89.3. The molecule has 0 atom stereocenters. The minimum atomic E-state index is -5.06. The molecule has 2 aromatic heterocycles. The fourth-order valence-corrected chi connectivity index (χ4v) is 4.94. The van der Waals surface area contributed by atoms with Crippen molar-refractivity contribution in [2.75, 3.05) is 7.11 Å². The molecule has 12 heteroatoms. The Kier molecular flexibility index (Phi) is 7.65. The summed E-state index contributed by atoms with van der Waals surface area (Å²) in [6, 6.07) is 11.1. The highest BCUT2D eigenvalue weighted by atomic mass is 32.1. The van der Waals surface area contributed by atoms with Crippen LogP contribution in [0.25, 0.3) is 21.0 Å². The van der Waals surface area contributed by atoms with Gasteiger partial charge in [-0.15, -0.1) is 11.3 Å². The Morgan fingerprint density at radius 3 is 2.36 bits per heavy atom. The fourth-order valence-electron chi connectivity index (χ4n) is 3.89. The van der Waals surface area contributed by atoms with E-state index >= 15 is 0 Å². The Balaban J connectivity index is 1.89. The van der Waals surface area contributed by atoms with Gasteiger partial charge >= 0.3 is 12.1 Å². The number of carbonyl (C=O) groups is 1. The minimum absolute atomic E-state index is 0.0517. The molecule has 0 saturated carbocycles. The third kappa shape index (κ3) is 5.73. The standard InChI is InChI=1S/C27H16F6N2O3S/c1-38-25(36)9-14-2-5-20(29)17(8-14)23-6-7-24(39-23)22-11-19(27(31,32)33)18(12-34)26(37)35(22)13-15-3-4-16(28)10-21(15)30/h2-8,10-11H,9,13H2,1H3. The van der Waals surface area contributed by atoms with Gasteiger partial charge in [-0.2, -0.15) is 18.4 Å². The predicted molar refractivity (Wildman–Crippen MR) is 130 cm³/mol. The Hall–Kier alpha value is -4.37. The SMILES string of the molecule is COC(=O)Cc1ccc(F)c(-c2ccc(-c3cc(C(F)(F)F)c(C#N)c(=O)n3Cc3ccc(F)cc3F)s2)c1. The van der Waals surface area contributed by atoms with E-state index in [0.29, 0.717) is 17.7 Å². The largest absolute Gasteiger partial charge is 0.469 e. The molecule has 0 aliphatic carbocycles. The summed E-state index contributed by atoms with van der Waals surface area (Å²) >= 11 is 0.840. The van der Waals surface area contributed by atoms with Crippen molar-refractivity contribution in [3.63, 3.8) is 0 Å². The number of hydrogen-bond donors (Lipinski definition) is 0. The summed E-state index contributed by atoms with van der Waals surface area (Å²) in [4.78, 5) is 25.1. The Morgan fingerprint density at radius 2 is 1.72 bits per heavy atom. The molecule has 0 N–H and O–H groups in total. The molecule has 0 fully saturated rings. The third-order valence-corrected chi connectivity index (χ3v) is 6.93. The number of aromatic nitrogens is 1. The van der Waals surface area contributed by atoms with Crippen molar-refractivity contribution < 1.29 is 35.9 Å². The van der Waals surface area contributed by atoms with E-state index in [1.54, 1.807) is 0 Å². The highest BCUT2D eigenvalue weighted by molar-refractivity contribution is 7.18. The van der Waals surface area contributed by atoms with Gasteiger partial charge in [0.15, 0.2) is 0 Å². The summed E-state index contributed by atoms with van der Waals surface area (Å²) in [7, 11) is 1.20. The Bertz CT molecular complexity index is 1680. The van der Waals surface area contributed by atoms with Gasteiger partial charge < -0.3 is 9.30 Å². The predicted octanol–water partition coefficient (Wildman–Crippen LogP) is 6.32. The van der Waals surface area contributed by atoms with E-state index in [1.807, 2.05) is 0 Å². The lowest BCUT2D eigenvalue weighted by Crippen LogP contribution is -2.28. The lowest BCUT2D eigenvalue weighted by molar-refractivity contribution is -0.140. The van der Waals surface area contributed by atoms with Gasteiger partial charge in [0.1, 0.15) is 29.1 Å². The van der Waals surface area contributed by atoms with Crippen molar-refractivity contribution in [3.05, 3.63) is 105 Å². The van der Waals surface area contributed by atoms with E-state index in [1.165, 1.54) is 37.4 Å². The molecular weight excluding hydrogens is 546 g/mol. The molecule has 200 valence electrons. The van der Waals surface area contributed by atoms with Crippen LogP contribution < -0.4 is 5.56 Å². The van der Waals surface area contributed by atoms with Crippen LogP contribution in [-0.2, 0) is 28.7 Å². The molecule has 2 aromatic carbocycles. The maximum absolute atomic E-state index is 14.7. The lowest BCUT2D eigenvalue weighted by Gasteiger charge is -2.17. The summed E-state index contributed by atoms with van der Waals surface area (Å²) in [6.45, 7) is -0.608. The molecule has 5 nitrogen and oxygen atoms in total. The second-order valence-electron chi connectivity index (χ2n) is 8.29. The maximum Gasteiger partial charge on any atom is 0.417 e. The number of hydrogen-bond acceptors (Lipinski definition) is 5. The molecule has 4 rings (SSSR count). The number of nitriles is 1. The smallest absolute Gasteiger partial charge is 0.417 e. The number of benzene rings is 2. The van der Waals surface area contributed by atoms with E-state index in [2.05, 4.69) is 4.74 Å². The van der Waals surface area contributed by atoms with Crippen LogP contribution in [0.4, 0.5) is 26.3 Å². The van der Waals surface area contributed by atoms with Crippen LogP contribution in [0.3, 0.4) is 0 Å². The number of esters is 1. The molecule has 0 amide bonds. The van der Waals surface area contributed by atoms with E-state index in [-0.39, 0.29) is 33.0 Å². The van der Waals surface area contributed by atoms with Crippen molar-refractivity contribution >= 4 is 17.3 Å². The number of rotatable bonds is 6. The monoisotopic (exact) mass is 562 g/mol. The second-order valence-corrected chi connectivity index (χ2v) is 9.37. The van der Waals surface area contributed by atoms with Gasteiger partial charge in [-0.05, 0) is 42.0 Å². The number of nitrogens with zero attached hydrogens (tertiary/aromatic N) is 2. The van der Waals surface area contributed by atoms with E-state index in [9.17, 15) is 41.2 Å². The van der Waals surface area contributed by atoms with Crippen LogP contribution >= 0.6 is 11.3 Å². The van der Waals surface area contributed by atoms with Crippen molar-refractivity contribution in [1.82, 2.24) is 4.57 Å². The molecule has 0 aliphatic heterocycles. The van der Waals surface area contributed by atoms with Gasteiger partial charge in [0.25, 0.3) is 5.56 Å². The molecule has 0 bridgehead atoms. The molecule has 39 heavy (non-hydrogen) atoms. The number of methoxy groups -OCH3 is 1. The molecule has 0 radical (unpaired) electrons. The third-order valence-electron chi connectivity index (χ3n) is 5.79. The first-order chi connectivity index (χ1) is 18.4. The van der Waals surface area contributed by atoms with Crippen LogP contribution in [0.1, 0.15) is 22.3 Å². The molecule has 0 spiro atoms. The number of thiophene rings is 1. The quantitative estimate of drug-likeness (QED) is 0.204. The lowest BCUT2D eigenvalue weighted by atomic mass is 10.1. The van der Waals surface area contributed by atoms with Crippen LogP contribution in [0.2, 0.25) is 0 Å². The number of ether oxygens (including phenoxy) is 1. The van der Waals surface area contributed by atoms with Crippen molar-refractivity contribution in [2.45, 2.75) is 19.1 Å². The van der Waals surface area contributed by atoms with E-state index in [4.69, 9.17) is 0 Å². The van der Waals surface area contributed by atoms with Crippen molar-refractivity contribution in [2.24, 2.45) is 0 Å². The number of pyridine rings is 1. The number of halogens is 6. The summed E-state index contributed by atoms with van der Waals surface area (Å²) in [6.07, 6.45) is -5.21. The summed E-state index contributed by atoms with van der Waals surface area (Å²) in [5.41, 5.74) is -4.04. The minimum Gasteiger partial charge on any atom is -0.469 e. The second kappa shape index (κ2) is 10.8. The van der Waals surface area contributed by atoms with Crippen LogP contribution in [0.15, 0.2) is 59.4 Å². The molecular formula is C27H16F6N2O3S. The van der Waals surface area contributed by atoms with E-state index < -0.39 is 52.8 Å². The van der Waals surface area contributed by atoms with Gasteiger partial charge in [-0.3, -0.25) is 9.59 Å². The van der Waals surface area contributed by atoms with Crippen LogP contribution in [-0.4, -0.2) is 17.6 Å². The first-order valence-corrected chi connectivity index (χ1v) is 11.9. The van der Waals surface area contributed by atoms with Crippen molar-refractivity contribution in [3.8, 4) is 27.1 Å². The molecule has 0 aliphatic rings. The first kappa shape index (κ1) is 27.7. The number of alkyl halides is 3. The van der Waals surface area contributed by atoms with Crippen LogP contribution in [0, 0.1) is 28.8 Å². The zero-order valence-electron chi connectivity index (χ0n) is 19.9. The van der Waals surface area contributed by atoms with Crippen LogP contribution in [0.5, 0.6) is 0 Å². The highest BCUT2D eigenvalue weighted by Crippen LogP contribution is 2.39. The van der Waals surface area contributed by atoms with E-state index in [0.717, 1.165) is 34.1 Å². The highest BCUT2D eigenvalue weighted by Gasteiger charge is 2.37. The molecule has 0 saturated heterocycles. The number of carbonyl (C=O) groups excluding carboxylic acids is 1. The van der Waals surface area contributed by atoms with Gasteiger partial charge in [0.2, 0.25) is 0 Å². The fraction of sp³-hybridized carbons (Fsp3) is 0.148. The summed E-state index contributed by atoms with van der Waals surface area (Å²) in [5.74, 6) is -3.16. The average molecular weight is 562 g/mol. The van der Waals surface area contributed by atoms with Gasteiger partial charge in [0, 0.05) is 22.1 Å². The Labute approximate surface area is 221 Å². The first-order valence-electron chi connectivity index (χ1n) is 11.1. The summed E-state index contributed by atoms with van der Waals surface area (Å²) in [5, 5.41) is 9.34. The Morgan fingerprint density at radius 1 is 1.00 bits per heavy atom. The zero-order chi connectivity index (χ0) is 28.5. The molecule has 4 aromatic rings. The van der Waals surface area contributed by atoms with Gasteiger partial charge in [0.05, 0.1) is 36.2 Å². The normalized spacial score (nSPS) is 11.3. The van der Waals surface area contributed by atoms with Gasteiger partial charge in [-0.1, -0.05) is 12.1 Å².